The summed E-state index contributed by atoms with van der Waals surface area (Å²) in [6.45, 7) is 2.35. The lowest BCUT2D eigenvalue weighted by Gasteiger charge is -2.29. The van der Waals surface area contributed by atoms with Crippen LogP contribution in [-0.2, 0) is 15.6 Å². The number of rotatable bonds is 7. The Kier molecular flexibility index (Phi) is 6.06. The predicted octanol–water partition coefficient (Wildman–Crippen LogP) is 6.73. The second-order valence-electron chi connectivity index (χ2n) is 5.86. The average molecular weight is 351 g/mol. The van der Waals surface area contributed by atoms with Gasteiger partial charge in [-0.15, -0.1) is 23.5 Å². The molecule has 3 rings (SSSR count). The number of hydrogen-bond donors (Lipinski definition) is 0. The molecule has 0 spiro atoms. The van der Waals surface area contributed by atoms with Gasteiger partial charge < -0.3 is 0 Å². The molecule has 2 heteroatoms. The summed E-state index contributed by atoms with van der Waals surface area (Å²) in [4.78, 5) is 0. The fourth-order valence-corrected chi connectivity index (χ4v) is 5.10. The molecule has 0 aliphatic rings. The van der Waals surface area contributed by atoms with Crippen molar-refractivity contribution in [1.29, 1.82) is 0 Å². The Hall–Kier alpha value is -1.64. The van der Waals surface area contributed by atoms with Crippen molar-refractivity contribution < 1.29 is 0 Å². The summed E-state index contributed by atoms with van der Waals surface area (Å²) in [5.41, 5.74) is 4.14. The van der Waals surface area contributed by atoms with E-state index in [0.29, 0.717) is 0 Å². The minimum atomic E-state index is 0.0347. The van der Waals surface area contributed by atoms with Crippen molar-refractivity contribution in [3.05, 3.63) is 108 Å². The first-order valence-corrected chi connectivity index (χ1v) is 10.1. The van der Waals surface area contributed by atoms with Gasteiger partial charge in [0, 0.05) is 11.5 Å². The molecule has 0 atom stereocenters. The highest BCUT2D eigenvalue weighted by molar-refractivity contribution is 8.16. The van der Waals surface area contributed by atoms with Gasteiger partial charge in [-0.25, -0.2) is 0 Å². The van der Waals surface area contributed by atoms with E-state index >= 15 is 0 Å². The zero-order valence-corrected chi connectivity index (χ0v) is 15.5. The molecule has 0 heterocycles. The topological polar surface area (TPSA) is 0 Å². The van der Waals surface area contributed by atoms with Crippen LogP contribution in [0.3, 0.4) is 0 Å². The fraction of sp³-hybridized carbons (Fsp3) is 0.182. The molecule has 0 aliphatic carbocycles. The third-order valence-corrected chi connectivity index (χ3v) is 7.25. The Bertz CT molecular complexity index is 680. The molecule has 0 aromatic heterocycles. The predicted molar refractivity (Wildman–Crippen MR) is 109 cm³/mol. The molecule has 24 heavy (non-hydrogen) atoms. The van der Waals surface area contributed by atoms with Gasteiger partial charge in [0.1, 0.15) is 0 Å². The maximum atomic E-state index is 2.35. The van der Waals surface area contributed by atoms with E-state index in [0.717, 1.165) is 11.5 Å². The molecule has 0 saturated carbocycles. The van der Waals surface area contributed by atoms with Gasteiger partial charge in [-0.3, -0.25) is 0 Å². The van der Waals surface area contributed by atoms with Crippen LogP contribution in [0.2, 0.25) is 0 Å². The van der Waals surface area contributed by atoms with Crippen LogP contribution < -0.4 is 0 Å². The molecule has 0 amide bonds. The summed E-state index contributed by atoms with van der Waals surface area (Å²) in [5, 5.41) is 0. The first-order valence-electron chi connectivity index (χ1n) is 8.17. The Morgan fingerprint density at radius 1 is 0.583 bits per heavy atom. The molecule has 0 saturated heterocycles. The Balaban J connectivity index is 1.75. The van der Waals surface area contributed by atoms with Gasteiger partial charge in [0.15, 0.2) is 0 Å². The molecule has 0 N–H and O–H groups in total. The summed E-state index contributed by atoms with van der Waals surface area (Å²) in [6, 6.07) is 32.3. The first kappa shape index (κ1) is 17.2. The number of benzene rings is 3. The Labute approximate surface area is 153 Å². The Morgan fingerprint density at radius 3 is 1.38 bits per heavy atom. The smallest absolute Gasteiger partial charge is 0.0838 e. The van der Waals surface area contributed by atoms with Crippen LogP contribution in [0.5, 0.6) is 0 Å². The van der Waals surface area contributed by atoms with Crippen molar-refractivity contribution in [2.75, 3.05) is 0 Å². The van der Waals surface area contributed by atoms with Crippen molar-refractivity contribution in [2.45, 2.75) is 22.5 Å². The van der Waals surface area contributed by atoms with Crippen LogP contribution in [0.4, 0.5) is 0 Å². The lowest BCUT2D eigenvalue weighted by Crippen LogP contribution is -2.13. The molecule has 0 unspecified atom stereocenters. The van der Waals surface area contributed by atoms with E-state index in [1.165, 1.54) is 16.7 Å². The molecule has 0 fully saturated rings. The van der Waals surface area contributed by atoms with Gasteiger partial charge in [0.25, 0.3) is 0 Å². The standard InChI is InChI=1S/C22H22S2/c1-22(21-15-9-4-10-16-21,23-17-19-11-5-2-6-12-19)24-18-20-13-7-3-8-14-20/h2-16H,17-18H2,1H3. The van der Waals surface area contributed by atoms with Crippen LogP contribution in [0.1, 0.15) is 23.6 Å². The molecule has 3 aromatic rings. The summed E-state index contributed by atoms with van der Waals surface area (Å²) < 4.78 is 0.0347. The molecule has 3 aromatic carbocycles. The number of hydrogen-bond acceptors (Lipinski definition) is 2. The van der Waals surface area contributed by atoms with Crippen LogP contribution >= 0.6 is 23.5 Å². The fourth-order valence-electron chi connectivity index (χ4n) is 2.54. The lowest BCUT2D eigenvalue weighted by molar-refractivity contribution is 1.00. The second kappa shape index (κ2) is 8.46. The summed E-state index contributed by atoms with van der Waals surface area (Å²) in [7, 11) is 0. The third kappa shape index (κ3) is 4.68. The molecule has 0 nitrogen and oxygen atoms in total. The molecular weight excluding hydrogens is 328 g/mol. The van der Waals surface area contributed by atoms with E-state index in [1.807, 2.05) is 23.5 Å². The quantitative estimate of drug-likeness (QED) is 0.433. The van der Waals surface area contributed by atoms with Crippen molar-refractivity contribution in [1.82, 2.24) is 0 Å². The van der Waals surface area contributed by atoms with Gasteiger partial charge in [0.2, 0.25) is 0 Å². The van der Waals surface area contributed by atoms with E-state index in [4.69, 9.17) is 0 Å². The van der Waals surface area contributed by atoms with Crippen molar-refractivity contribution in [3.8, 4) is 0 Å². The number of thioether (sulfide) groups is 2. The minimum Gasteiger partial charge on any atom is -0.135 e. The SMILES string of the molecule is CC(SCc1ccccc1)(SCc1ccccc1)c1ccccc1. The maximum Gasteiger partial charge on any atom is 0.0838 e. The molecule has 0 aliphatic heterocycles. The molecule has 122 valence electrons. The van der Waals surface area contributed by atoms with Crippen LogP contribution in [0, 0.1) is 0 Å². The molecular formula is C22H22S2. The second-order valence-corrected chi connectivity index (χ2v) is 8.91. The summed E-state index contributed by atoms with van der Waals surface area (Å²) in [5.74, 6) is 2.04. The van der Waals surface area contributed by atoms with Gasteiger partial charge >= 0.3 is 0 Å². The van der Waals surface area contributed by atoms with Gasteiger partial charge in [-0.2, -0.15) is 0 Å². The Morgan fingerprint density at radius 2 is 0.958 bits per heavy atom. The highest BCUT2D eigenvalue weighted by Crippen LogP contribution is 2.48. The average Bonchev–Trinajstić information content (AvgIpc) is 2.67. The van der Waals surface area contributed by atoms with E-state index in [9.17, 15) is 0 Å². The maximum absolute atomic E-state index is 2.35. The van der Waals surface area contributed by atoms with E-state index < -0.39 is 0 Å². The van der Waals surface area contributed by atoms with Crippen molar-refractivity contribution in [2.24, 2.45) is 0 Å². The zero-order valence-electron chi connectivity index (χ0n) is 13.9. The van der Waals surface area contributed by atoms with Crippen molar-refractivity contribution >= 4 is 23.5 Å². The first-order chi connectivity index (χ1) is 11.8. The molecule has 0 bridgehead atoms. The minimum absolute atomic E-state index is 0.0347. The van der Waals surface area contributed by atoms with Crippen LogP contribution in [0.25, 0.3) is 0 Å². The largest absolute Gasteiger partial charge is 0.135 e. The van der Waals surface area contributed by atoms with Crippen LogP contribution in [0.15, 0.2) is 91.0 Å². The van der Waals surface area contributed by atoms with Crippen molar-refractivity contribution in [3.63, 3.8) is 0 Å². The van der Waals surface area contributed by atoms with E-state index in [-0.39, 0.29) is 4.08 Å². The highest BCUT2D eigenvalue weighted by Gasteiger charge is 2.27. The van der Waals surface area contributed by atoms with Crippen LogP contribution in [-0.4, -0.2) is 0 Å². The summed E-state index contributed by atoms with van der Waals surface area (Å²) >= 11 is 4.02. The summed E-state index contributed by atoms with van der Waals surface area (Å²) in [6.07, 6.45) is 0. The third-order valence-electron chi connectivity index (χ3n) is 4.01. The monoisotopic (exact) mass is 350 g/mol. The normalized spacial score (nSPS) is 11.4. The van der Waals surface area contributed by atoms with Gasteiger partial charge in [0.05, 0.1) is 4.08 Å². The zero-order chi connectivity index (χ0) is 16.7. The van der Waals surface area contributed by atoms with Gasteiger partial charge in [-0.1, -0.05) is 91.0 Å². The van der Waals surface area contributed by atoms with E-state index in [2.05, 4.69) is 97.9 Å². The highest BCUT2D eigenvalue weighted by atomic mass is 32.2. The van der Waals surface area contributed by atoms with Gasteiger partial charge in [-0.05, 0) is 23.6 Å². The van der Waals surface area contributed by atoms with E-state index in [1.54, 1.807) is 0 Å². The molecule has 0 radical (unpaired) electrons. The lowest BCUT2D eigenvalue weighted by atomic mass is 10.2.